The van der Waals surface area contributed by atoms with Crippen molar-refractivity contribution >= 4 is 22.2 Å². The molecule has 1 aromatic heterocycles. The Morgan fingerprint density at radius 2 is 2.05 bits per heavy atom. The molecule has 1 saturated heterocycles. The van der Waals surface area contributed by atoms with Gasteiger partial charge in [-0.2, -0.15) is 0 Å². The predicted molar refractivity (Wildman–Crippen MR) is 80.4 cm³/mol. The van der Waals surface area contributed by atoms with E-state index in [1.54, 1.807) is 23.5 Å². The summed E-state index contributed by atoms with van der Waals surface area (Å²) in [6.07, 6.45) is 1.83. The van der Waals surface area contributed by atoms with Crippen molar-refractivity contribution in [1.82, 2.24) is 9.88 Å². The van der Waals surface area contributed by atoms with E-state index in [0.29, 0.717) is 17.8 Å². The van der Waals surface area contributed by atoms with E-state index in [2.05, 4.69) is 14.8 Å². The lowest BCUT2D eigenvalue weighted by atomic mass is 10.1. The molecule has 0 amide bonds. The second kappa shape index (κ2) is 5.76. The minimum absolute atomic E-state index is 0.215. The molecule has 1 aliphatic rings. The van der Waals surface area contributed by atoms with Crippen molar-refractivity contribution in [2.75, 3.05) is 36.8 Å². The van der Waals surface area contributed by atoms with Gasteiger partial charge in [-0.3, -0.25) is 4.90 Å². The molecular formula is C14H17FN4S. The van der Waals surface area contributed by atoms with Crippen LogP contribution in [0.1, 0.15) is 5.56 Å². The number of hydrogen-bond donors (Lipinski definition) is 1. The standard InChI is InChI=1S/C14H17FN4S/c15-12-2-1-3-13(16)11(12)10-18-5-7-19(8-6-18)14-17-4-9-20-14/h1-4,9H,5-8,10,16H2. The van der Waals surface area contributed by atoms with Gasteiger partial charge in [0, 0.05) is 55.6 Å². The van der Waals surface area contributed by atoms with Crippen LogP contribution in [0.15, 0.2) is 29.8 Å². The van der Waals surface area contributed by atoms with Crippen LogP contribution in [0, 0.1) is 5.82 Å². The van der Waals surface area contributed by atoms with Crippen molar-refractivity contribution in [3.05, 3.63) is 41.2 Å². The summed E-state index contributed by atoms with van der Waals surface area (Å²) < 4.78 is 13.8. The van der Waals surface area contributed by atoms with E-state index < -0.39 is 0 Å². The third kappa shape index (κ3) is 2.76. The van der Waals surface area contributed by atoms with Gasteiger partial charge in [0.25, 0.3) is 0 Å². The van der Waals surface area contributed by atoms with Crippen LogP contribution in [0.2, 0.25) is 0 Å². The molecule has 106 valence electrons. The molecule has 0 aliphatic carbocycles. The van der Waals surface area contributed by atoms with Crippen LogP contribution in [0.4, 0.5) is 15.2 Å². The van der Waals surface area contributed by atoms with Gasteiger partial charge in [0.15, 0.2) is 5.13 Å². The number of nitrogens with zero attached hydrogens (tertiary/aromatic N) is 3. The Labute approximate surface area is 121 Å². The quantitative estimate of drug-likeness (QED) is 0.881. The molecule has 0 saturated carbocycles. The molecule has 0 radical (unpaired) electrons. The number of nitrogen functional groups attached to an aromatic ring is 1. The molecule has 2 aromatic rings. The van der Waals surface area contributed by atoms with Gasteiger partial charge in [0.1, 0.15) is 5.82 Å². The topological polar surface area (TPSA) is 45.4 Å². The summed E-state index contributed by atoms with van der Waals surface area (Å²) in [7, 11) is 0. The van der Waals surface area contributed by atoms with E-state index in [1.165, 1.54) is 6.07 Å². The highest BCUT2D eigenvalue weighted by Crippen LogP contribution is 2.22. The van der Waals surface area contributed by atoms with Crippen molar-refractivity contribution in [2.24, 2.45) is 0 Å². The Bertz CT molecular complexity index is 544. The molecule has 6 heteroatoms. The fourth-order valence-corrected chi connectivity index (χ4v) is 3.13. The zero-order valence-corrected chi connectivity index (χ0v) is 11.9. The van der Waals surface area contributed by atoms with Gasteiger partial charge in [-0.1, -0.05) is 6.07 Å². The highest BCUT2D eigenvalue weighted by molar-refractivity contribution is 7.13. The number of thiazole rings is 1. The predicted octanol–water partition coefficient (Wildman–Crippen LogP) is 2.19. The van der Waals surface area contributed by atoms with Crippen LogP contribution in [0.5, 0.6) is 0 Å². The maximum absolute atomic E-state index is 13.8. The summed E-state index contributed by atoms with van der Waals surface area (Å²) in [5, 5.41) is 3.05. The molecule has 0 spiro atoms. The highest BCUT2D eigenvalue weighted by Gasteiger charge is 2.20. The summed E-state index contributed by atoms with van der Waals surface area (Å²) >= 11 is 1.66. The molecule has 3 rings (SSSR count). The van der Waals surface area contributed by atoms with Crippen LogP contribution >= 0.6 is 11.3 Å². The van der Waals surface area contributed by atoms with Gasteiger partial charge < -0.3 is 10.6 Å². The maximum atomic E-state index is 13.8. The average Bonchev–Trinajstić information content (AvgIpc) is 2.98. The van der Waals surface area contributed by atoms with Crippen LogP contribution in [-0.4, -0.2) is 36.1 Å². The van der Waals surface area contributed by atoms with Gasteiger partial charge in [-0.25, -0.2) is 9.37 Å². The third-order valence-corrected chi connectivity index (χ3v) is 4.43. The lowest BCUT2D eigenvalue weighted by Crippen LogP contribution is -2.46. The number of nitrogens with two attached hydrogens (primary N) is 1. The second-order valence-electron chi connectivity index (χ2n) is 4.89. The van der Waals surface area contributed by atoms with Crippen molar-refractivity contribution in [1.29, 1.82) is 0 Å². The summed E-state index contributed by atoms with van der Waals surface area (Å²) in [6, 6.07) is 4.87. The van der Waals surface area contributed by atoms with Gasteiger partial charge in [0.05, 0.1) is 0 Å². The van der Waals surface area contributed by atoms with Gasteiger partial charge >= 0.3 is 0 Å². The van der Waals surface area contributed by atoms with Crippen molar-refractivity contribution in [3.63, 3.8) is 0 Å². The Kier molecular flexibility index (Phi) is 3.84. The summed E-state index contributed by atoms with van der Waals surface area (Å²) in [5.41, 5.74) is 7.00. The molecule has 1 aromatic carbocycles. The minimum atomic E-state index is -0.215. The minimum Gasteiger partial charge on any atom is -0.398 e. The molecule has 0 atom stereocenters. The smallest absolute Gasteiger partial charge is 0.185 e. The maximum Gasteiger partial charge on any atom is 0.185 e. The molecule has 2 heterocycles. The first-order valence-electron chi connectivity index (χ1n) is 6.63. The number of hydrogen-bond acceptors (Lipinski definition) is 5. The normalized spacial score (nSPS) is 16.6. The van der Waals surface area contributed by atoms with Gasteiger partial charge in [-0.05, 0) is 12.1 Å². The Hall–Kier alpha value is -1.66. The first-order valence-corrected chi connectivity index (χ1v) is 7.51. The second-order valence-corrected chi connectivity index (χ2v) is 5.76. The van der Waals surface area contributed by atoms with E-state index in [0.717, 1.165) is 31.3 Å². The van der Waals surface area contributed by atoms with E-state index in [1.807, 2.05) is 11.6 Å². The Balaban J connectivity index is 1.61. The highest BCUT2D eigenvalue weighted by atomic mass is 32.1. The van der Waals surface area contributed by atoms with Crippen molar-refractivity contribution < 1.29 is 4.39 Å². The van der Waals surface area contributed by atoms with Gasteiger partial charge in [0.2, 0.25) is 0 Å². The largest absolute Gasteiger partial charge is 0.398 e. The van der Waals surface area contributed by atoms with E-state index >= 15 is 0 Å². The van der Waals surface area contributed by atoms with Crippen molar-refractivity contribution in [3.8, 4) is 0 Å². The fourth-order valence-electron chi connectivity index (χ4n) is 2.44. The zero-order chi connectivity index (χ0) is 13.9. The average molecular weight is 292 g/mol. The molecule has 0 bridgehead atoms. The Morgan fingerprint density at radius 1 is 1.25 bits per heavy atom. The number of rotatable bonds is 3. The van der Waals surface area contributed by atoms with Crippen LogP contribution in [0.25, 0.3) is 0 Å². The molecular weight excluding hydrogens is 275 g/mol. The molecule has 1 aliphatic heterocycles. The third-order valence-electron chi connectivity index (χ3n) is 3.60. The van der Waals surface area contributed by atoms with Gasteiger partial charge in [-0.15, -0.1) is 11.3 Å². The van der Waals surface area contributed by atoms with E-state index in [9.17, 15) is 4.39 Å². The number of aromatic nitrogens is 1. The SMILES string of the molecule is Nc1cccc(F)c1CN1CCN(c2nccs2)CC1. The summed E-state index contributed by atoms with van der Waals surface area (Å²) in [6.45, 7) is 4.20. The monoisotopic (exact) mass is 292 g/mol. The number of piperazine rings is 1. The lowest BCUT2D eigenvalue weighted by Gasteiger charge is -2.34. The summed E-state index contributed by atoms with van der Waals surface area (Å²) in [5.74, 6) is -0.215. The first-order chi connectivity index (χ1) is 9.74. The Morgan fingerprint density at radius 3 is 2.70 bits per heavy atom. The fraction of sp³-hybridized carbons (Fsp3) is 0.357. The van der Waals surface area contributed by atoms with Crippen molar-refractivity contribution in [2.45, 2.75) is 6.54 Å². The number of anilines is 2. The first kappa shape index (κ1) is 13.3. The molecule has 1 fully saturated rings. The van der Waals surface area contributed by atoms with Crippen LogP contribution in [0.3, 0.4) is 0 Å². The van der Waals surface area contributed by atoms with Crippen LogP contribution in [-0.2, 0) is 6.54 Å². The van der Waals surface area contributed by atoms with E-state index in [4.69, 9.17) is 5.73 Å². The molecule has 4 nitrogen and oxygen atoms in total. The summed E-state index contributed by atoms with van der Waals surface area (Å²) in [4.78, 5) is 8.83. The lowest BCUT2D eigenvalue weighted by molar-refractivity contribution is 0.247. The molecule has 20 heavy (non-hydrogen) atoms. The number of benzene rings is 1. The molecule has 0 unspecified atom stereocenters. The van der Waals surface area contributed by atoms with Crippen LogP contribution < -0.4 is 10.6 Å². The van der Waals surface area contributed by atoms with E-state index in [-0.39, 0.29) is 5.82 Å². The molecule has 2 N–H and O–H groups in total. The zero-order valence-electron chi connectivity index (χ0n) is 11.1. The number of halogens is 1.